The summed E-state index contributed by atoms with van der Waals surface area (Å²) in [5.74, 6) is -0.628. The quantitative estimate of drug-likeness (QED) is 0.814. The third-order valence-corrected chi connectivity index (χ3v) is 3.66. The van der Waals surface area contributed by atoms with Crippen LogP contribution in [0.15, 0.2) is 47.5 Å². The van der Waals surface area contributed by atoms with Crippen LogP contribution in [0.5, 0.6) is 0 Å². The first-order valence-corrected chi connectivity index (χ1v) is 7.30. The molecule has 0 radical (unpaired) electrons. The van der Waals surface area contributed by atoms with Crippen LogP contribution in [0.25, 0.3) is 11.1 Å². The summed E-state index contributed by atoms with van der Waals surface area (Å²) in [4.78, 5) is 16.3. The molecule has 2 aromatic carbocycles. The fraction of sp³-hybridized carbons (Fsp3) is 0.222. The molecular formula is C18H16FNO2. The number of fused-ring (bicyclic) bond motifs is 1. The van der Waals surface area contributed by atoms with Crippen molar-refractivity contribution in [3.8, 4) is 11.1 Å². The fourth-order valence-electron chi connectivity index (χ4n) is 2.60. The van der Waals surface area contributed by atoms with Crippen LogP contribution < -0.4 is 0 Å². The fourth-order valence-corrected chi connectivity index (χ4v) is 2.60. The molecule has 2 aromatic rings. The summed E-state index contributed by atoms with van der Waals surface area (Å²) in [5.41, 5.74) is 4.25. The van der Waals surface area contributed by atoms with Crippen molar-refractivity contribution in [2.24, 2.45) is 4.99 Å². The van der Waals surface area contributed by atoms with Gasteiger partial charge in [0, 0.05) is 12.1 Å². The van der Waals surface area contributed by atoms with E-state index in [1.54, 1.807) is 19.1 Å². The Labute approximate surface area is 128 Å². The van der Waals surface area contributed by atoms with E-state index in [0.29, 0.717) is 18.9 Å². The van der Waals surface area contributed by atoms with Crippen molar-refractivity contribution in [2.75, 3.05) is 13.2 Å². The summed E-state index contributed by atoms with van der Waals surface area (Å²) in [7, 11) is 0. The van der Waals surface area contributed by atoms with Gasteiger partial charge in [-0.2, -0.15) is 0 Å². The van der Waals surface area contributed by atoms with E-state index in [1.807, 2.05) is 18.2 Å². The van der Waals surface area contributed by atoms with Crippen LogP contribution in [0, 0.1) is 5.82 Å². The molecule has 0 bridgehead atoms. The van der Waals surface area contributed by atoms with E-state index in [2.05, 4.69) is 4.99 Å². The molecule has 0 aromatic heterocycles. The van der Waals surface area contributed by atoms with Crippen LogP contribution in [0.1, 0.15) is 18.1 Å². The van der Waals surface area contributed by atoms with E-state index in [0.717, 1.165) is 28.7 Å². The van der Waals surface area contributed by atoms with Gasteiger partial charge in [0.05, 0.1) is 6.61 Å². The smallest absolute Gasteiger partial charge is 0.357 e. The van der Waals surface area contributed by atoms with Crippen molar-refractivity contribution in [3.05, 3.63) is 59.4 Å². The van der Waals surface area contributed by atoms with Crippen LogP contribution in [0.2, 0.25) is 0 Å². The van der Waals surface area contributed by atoms with Gasteiger partial charge in [0.25, 0.3) is 0 Å². The minimum absolute atomic E-state index is 0.251. The van der Waals surface area contributed by atoms with Gasteiger partial charge in [-0.15, -0.1) is 0 Å². The van der Waals surface area contributed by atoms with Crippen LogP contribution in [-0.2, 0) is 16.0 Å². The third-order valence-electron chi connectivity index (χ3n) is 3.66. The van der Waals surface area contributed by atoms with Gasteiger partial charge in [0.2, 0.25) is 0 Å². The Morgan fingerprint density at radius 3 is 2.64 bits per heavy atom. The predicted molar refractivity (Wildman–Crippen MR) is 83.6 cm³/mol. The number of rotatable bonds is 3. The molecule has 1 aliphatic rings. The standard InChI is InChI=1S/C18H16FNO2/c1-2-22-18(21)17-16-8-5-13(11-14(16)9-10-20-17)12-3-6-15(19)7-4-12/h3-8,11H,2,9-10H2,1H3. The van der Waals surface area contributed by atoms with Crippen molar-refractivity contribution in [3.63, 3.8) is 0 Å². The molecule has 0 spiro atoms. The average molecular weight is 297 g/mol. The molecule has 0 amide bonds. The molecule has 0 saturated carbocycles. The lowest BCUT2D eigenvalue weighted by molar-refractivity contribution is -0.134. The molecule has 112 valence electrons. The molecule has 0 atom stereocenters. The molecule has 0 aliphatic carbocycles. The zero-order valence-electron chi connectivity index (χ0n) is 12.3. The van der Waals surface area contributed by atoms with Gasteiger partial charge in [0.1, 0.15) is 5.82 Å². The van der Waals surface area contributed by atoms with Crippen LogP contribution in [-0.4, -0.2) is 24.8 Å². The van der Waals surface area contributed by atoms with Gasteiger partial charge in [-0.05, 0) is 42.2 Å². The molecule has 4 heteroatoms. The predicted octanol–water partition coefficient (Wildman–Crippen LogP) is 3.40. The second kappa shape index (κ2) is 6.10. The minimum Gasteiger partial charge on any atom is -0.461 e. The lowest BCUT2D eigenvalue weighted by Gasteiger charge is -2.17. The molecule has 0 N–H and O–H groups in total. The van der Waals surface area contributed by atoms with Gasteiger partial charge in [-0.1, -0.05) is 30.3 Å². The molecule has 3 nitrogen and oxygen atoms in total. The highest BCUT2D eigenvalue weighted by molar-refractivity contribution is 6.43. The lowest BCUT2D eigenvalue weighted by Crippen LogP contribution is -2.24. The monoisotopic (exact) mass is 297 g/mol. The van der Waals surface area contributed by atoms with Crippen LogP contribution in [0.3, 0.4) is 0 Å². The normalized spacial score (nSPS) is 13.3. The minimum atomic E-state index is -0.377. The molecule has 22 heavy (non-hydrogen) atoms. The van der Waals surface area contributed by atoms with Gasteiger partial charge in [-0.25, -0.2) is 9.18 Å². The van der Waals surface area contributed by atoms with Crippen molar-refractivity contribution in [1.82, 2.24) is 0 Å². The number of ether oxygens (including phenoxy) is 1. The number of benzene rings is 2. The Balaban J connectivity index is 1.96. The van der Waals surface area contributed by atoms with Crippen molar-refractivity contribution < 1.29 is 13.9 Å². The van der Waals surface area contributed by atoms with E-state index >= 15 is 0 Å². The first-order chi connectivity index (χ1) is 10.7. The summed E-state index contributed by atoms with van der Waals surface area (Å²) in [5, 5.41) is 0. The number of hydrogen-bond donors (Lipinski definition) is 0. The number of esters is 1. The SMILES string of the molecule is CCOC(=O)C1=NCCc2cc(-c3ccc(F)cc3)ccc21. The second-order valence-corrected chi connectivity index (χ2v) is 5.08. The zero-order valence-corrected chi connectivity index (χ0v) is 12.3. The maximum atomic E-state index is 13.0. The molecule has 0 saturated heterocycles. The Morgan fingerprint density at radius 2 is 1.91 bits per heavy atom. The first kappa shape index (κ1) is 14.4. The summed E-state index contributed by atoms with van der Waals surface area (Å²) in [6.07, 6.45) is 0.785. The summed E-state index contributed by atoms with van der Waals surface area (Å²) >= 11 is 0. The molecule has 0 fully saturated rings. The topological polar surface area (TPSA) is 38.7 Å². The van der Waals surface area contributed by atoms with Crippen molar-refractivity contribution in [1.29, 1.82) is 0 Å². The molecule has 1 aliphatic heterocycles. The maximum Gasteiger partial charge on any atom is 0.357 e. The largest absolute Gasteiger partial charge is 0.461 e. The zero-order chi connectivity index (χ0) is 15.5. The Hall–Kier alpha value is -2.49. The van der Waals surface area contributed by atoms with Gasteiger partial charge in [0.15, 0.2) is 5.71 Å². The average Bonchev–Trinajstić information content (AvgIpc) is 2.54. The number of nitrogens with zero attached hydrogens (tertiary/aromatic N) is 1. The summed E-state index contributed by atoms with van der Waals surface area (Å²) in [6, 6.07) is 12.2. The maximum absolute atomic E-state index is 13.0. The highest BCUT2D eigenvalue weighted by Crippen LogP contribution is 2.25. The van der Waals surface area contributed by atoms with E-state index in [-0.39, 0.29) is 11.8 Å². The van der Waals surface area contributed by atoms with E-state index in [4.69, 9.17) is 4.74 Å². The Kier molecular flexibility index (Phi) is 4.00. The van der Waals surface area contributed by atoms with Gasteiger partial charge < -0.3 is 4.74 Å². The Morgan fingerprint density at radius 1 is 1.18 bits per heavy atom. The number of hydrogen-bond acceptors (Lipinski definition) is 3. The third kappa shape index (κ3) is 2.77. The highest BCUT2D eigenvalue weighted by Gasteiger charge is 2.21. The first-order valence-electron chi connectivity index (χ1n) is 7.30. The highest BCUT2D eigenvalue weighted by atomic mass is 19.1. The summed E-state index contributed by atoms with van der Waals surface area (Å²) < 4.78 is 18.1. The summed E-state index contributed by atoms with van der Waals surface area (Å²) in [6.45, 7) is 2.69. The van der Waals surface area contributed by atoms with Crippen molar-refractivity contribution >= 4 is 11.7 Å². The van der Waals surface area contributed by atoms with Crippen molar-refractivity contribution in [2.45, 2.75) is 13.3 Å². The van der Waals surface area contributed by atoms with Gasteiger partial charge >= 0.3 is 5.97 Å². The second-order valence-electron chi connectivity index (χ2n) is 5.08. The number of aliphatic imine (C=N–C) groups is 1. The van der Waals surface area contributed by atoms with Crippen LogP contribution in [0.4, 0.5) is 4.39 Å². The number of carbonyl (C=O) groups excluding carboxylic acids is 1. The van der Waals surface area contributed by atoms with E-state index in [1.165, 1.54) is 12.1 Å². The van der Waals surface area contributed by atoms with Crippen LogP contribution >= 0.6 is 0 Å². The lowest BCUT2D eigenvalue weighted by atomic mass is 9.93. The number of halogens is 1. The van der Waals surface area contributed by atoms with Gasteiger partial charge in [-0.3, -0.25) is 4.99 Å². The number of carbonyl (C=O) groups is 1. The van der Waals surface area contributed by atoms with E-state index in [9.17, 15) is 9.18 Å². The molecule has 0 unspecified atom stereocenters. The molecular weight excluding hydrogens is 281 g/mol. The Bertz CT molecular complexity index is 735. The molecule has 3 rings (SSSR count). The molecule has 1 heterocycles. The van der Waals surface area contributed by atoms with E-state index < -0.39 is 0 Å².